The van der Waals surface area contributed by atoms with Crippen LogP contribution in [-0.2, 0) is 46.4 Å². The summed E-state index contributed by atoms with van der Waals surface area (Å²) < 4.78 is 0. The highest BCUT2D eigenvalue weighted by Gasteiger charge is 2.31. The van der Waals surface area contributed by atoms with E-state index < -0.39 is 91.1 Å². The number of amides is 5. The Kier molecular flexibility index (Phi) is 17.9. The van der Waals surface area contributed by atoms with Crippen molar-refractivity contribution in [1.29, 1.82) is 0 Å². The second-order valence-corrected chi connectivity index (χ2v) is 13.9. The van der Waals surface area contributed by atoms with Crippen molar-refractivity contribution in [3.8, 4) is 11.5 Å². The average Bonchev–Trinajstić information content (AvgIpc) is 3.09. The van der Waals surface area contributed by atoms with Gasteiger partial charge < -0.3 is 52.7 Å². The van der Waals surface area contributed by atoms with E-state index in [0.717, 1.165) is 0 Å². The molecule has 0 bridgehead atoms. The Labute approximate surface area is 313 Å². The molecule has 296 valence electrons. The predicted octanol–water partition coefficient (Wildman–Crippen LogP) is 0.307. The van der Waals surface area contributed by atoms with Gasteiger partial charge in [-0.2, -0.15) is 0 Å². The first kappa shape index (κ1) is 44.5. The number of aliphatic carboxylic acids is 2. The van der Waals surface area contributed by atoms with Crippen molar-refractivity contribution in [2.24, 2.45) is 17.6 Å². The number of nitrogens with one attached hydrogen (secondary N) is 5. The van der Waals surface area contributed by atoms with Gasteiger partial charge in [-0.25, -0.2) is 4.79 Å². The van der Waals surface area contributed by atoms with Crippen LogP contribution in [0.25, 0.3) is 0 Å². The summed E-state index contributed by atoms with van der Waals surface area (Å²) >= 11 is 0. The van der Waals surface area contributed by atoms with Crippen LogP contribution in [0.15, 0.2) is 48.5 Å². The number of hydrogen-bond donors (Lipinski definition) is 10. The van der Waals surface area contributed by atoms with Crippen LogP contribution in [0.3, 0.4) is 0 Å². The molecule has 11 N–H and O–H groups in total. The van der Waals surface area contributed by atoms with E-state index in [-0.39, 0.29) is 49.0 Å². The van der Waals surface area contributed by atoms with E-state index in [4.69, 9.17) is 10.8 Å². The number of aromatic hydroxyl groups is 2. The van der Waals surface area contributed by atoms with Crippen LogP contribution in [0, 0.1) is 11.8 Å². The number of nitrogens with two attached hydrogens (primary N) is 1. The Morgan fingerprint density at radius 1 is 0.593 bits per heavy atom. The lowest BCUT2D eigenvalue weighted by molar-refractivity contribution is -0.143. The minimum atomic E-state index is -1.53. The van der Waals surface area contributed by atoms with Gasteiger partial charge in [0, 0.05) is 12.8 Å². The molecular weight excluding hydrogens is 704 g/mol. The summed E-state index contributed by atoms with van der Waals surface area (Å²) in [5.41, 5.74) is 7.30. The van der Waals surface area contributed by atoms with Gasteiger partial charge in [0.25, 0.3) is 0 Å². The van der Waals surface area contributed by atoms with Gasteiger partial charge in [-0.3, -0.25) is 28.8 Å². The monoisotopic (exact) mass is 756 g/mol. The molecule has 2 rings (SSSR count). The summed E-state index contributed by atoms with van der Waals surface area (Å²) in [6, 6.07) is 5.80. The fourth-order valence-corrected chi connectivity index (χ4v) is 5.35. The molecule has 5 amide bonds. The third kappa shape index (κ3) is 16.3. The first-order chi connectivity index (χ1) is 25.3. The van der Waals surface area contributed by atoms with Crippen LogP contribution in [0.4, 0.5) is 0 Å². The molecular formula is C37H52N6O11. The van der Waals surface area contributed by atoms with Crippen molar-refractivity contribution >= 4 is 41.5 Å². The number of carbonyl (C=O) groups is 7. The summed E-state index contributed by atoms with van der Waals surface area (Å²) in [5.74, 6) is -6.63. The highest BCUT2D eigenvalue weighted by atomic mass is 16.4. The summed E-state index contributed by atoms with van der Waals surface area (Å²) in [6.45, 7) is 6.62. The van der Waals surface area contributed by atoms with E-state index in [1.54, 1.807) is 26.0 Å². The molecule has 0 aliphatic carbocycles. The van der Waals surface area contributed by atoms with Gasteiger partial charge in [-0.1, -0.05) is 52.0 Å². The molecule has 17 heteroatoms. The zero-order chi connectivity index (χ0) is 40.5. The minimum Gasteiger partial charge on any atom is -0.508 e. The lowest BCUT2D eigenvalue weighted by Crippen LogP contribution is -2.57. The molecule has 0 fully saturated rings. The number of phenols is 2. The molecule has 0 aromatic heterocycles. The minimum absolute atomic E-state index is 0.0412. The number of hydrogen-bond acceptors (Lipinski definition) is 10. The molecule has 17 nitrogen and oxygen atoms in total. The molecule has 0 spiro atoms. The van der Waals surface area contributed by atoms with Gasteiger partial charge in [0.2, 0.25) is 29.5 Å². The van der Waals surface area contributed by atoms with Crippen molar-refractivity contribution in [2.75, 3.05) is 6.54 Å². The van der Waals surface area contributed by atoms with Crippen LogP contribution < -0.4 is 32.3 Å². The zero-order valence-corrected chi connectivity index (χ0v) is 30.8. The molecule has 5 unspecified atom stereocenters. The summed E-state index contributed by atoms with van der Waals surface area (Å²) in [7, 11) is 0. The van der Waals surface area contributed by atoms with E-state index in [1.807, 2.05) is 13.8 Å². The number of rotatable bonds is 22. The van der Waals surface area contributed by atoms with E-state index in [0.29, 0.717) is 11.1 Å². The summed E-state index contributed by atoms with van der Waals surface area (Å²) in [6.07, 6.45) is -0.592. The second kappa shape index (κ2) is 21.7. The van der Waals surface area contributed by atoms with Crippen molar-refractivity contribution < 1.29 is 54.0 Å². The molecule has 54 heavy (non-hydrogen) atoms. The maximum Gasteiger partial charge on any atom is 0.326 e. The average molecular weight is 757 g/mol. The van der Waals surface area contributed by atoms with Gasteiger partial charge in [0.1, 0.15) is 35.7 Å². The van der Waals surface area contributed by atoms with E-state index in [1.165, 1.54) is 36.4 Å². The number of carbonyl (C=O) groups excluding carboxylic acids is 5. The van der Waals surface area contributed by atoms with Gasteiger partial charge >= 0.3 is 11.9 Å². The molecule has 5 atom stereocenters. The highest BCUT2D eigenvalue weighted by molar-refractivity contribution is 5.95. The fourth-order valence-electron chi connectivity index (χ4n) is 5.35. The zero-order valence-electron chi connectivity index (χ0n) is 30.8. The Bertz CT molecular complexity index is 1600. The van der Waals surface area contributed by atoms with Gasteiger partial charge in [0.15, 0.2) is 0 Å². The summed E-state index contributed by atoms with van der Waals surface area (Å²) in [4.78, 5) is 88.9. The maximum absolute atomic E-state index is 13.7. The van der Waals surface area contributed by atoms with Crippen molar-refractivity contribution in [3.05, 3.63) is 59.7 Å². The van der Waals surface area contributed by atoms with Crippen LogP contribution in [-0.4, -0.2) is 98.7 Å². The highest BCUT2D eigenvalue weighted by Crippen LogP contribution is 2.14. The van der Waals surface area contributed by atoms with E-state index in [9.17, 15) is 48.9 Å². The number of carboxylic acid groups (broad SMARTS) is 2. The molecule has 0 aliphatic heterocycles. The third-order valence-corrected chi connectivity index (χ3v) is 8.12. The molecule has 2 aromatic carbocycles. The van der Waals surface area contributed by atoms with Crippen LogP contribution in [0.5, 0.6) is 11.5 Å². The first-order valence-corrected chi connectivity index (χ1v) is 17.6. The topological polar surface area (TPSA) is 287 Å². The first-order valence-electron chi connectivity index (χ1n) is 17.6. The number of benzene rings is 2. The van der Waals surface area contributed by atoms with Crippen molar-refractivity contribution in [2.45, 2.75) is 96.4 Å². The molecule has 0 saturated heterocycles. The molecule has 0 aliphatic rings. The Morgan fingerprint density at radius 3 is 1.52 bits per heavy atom. The normalized spacial score (nSPS) is 13.8. The van der Waals surface area contributed by atoms with Gasteiger partial charge in [-0.05, 0) is 72.9 Å². The SMILES string of the molecule is CC(C)CC(NC(=O)C(N)Cc1ccc(O)cc1)C(=O)NCC(=O)NC(Cc1ccc(O)cc1)C(=O)NC(CC(C)C)C(=O)NC(CCC(=O)O)C(=O)O. The van der Waals surface area contributed by atoms with Crippen molar-refractivity contribution in [1.82, 2.24) is 26.6 Å². The predicted molar refractivity (Wildman–Crippen MR) is 196 cm³/mol. The number of carboxylic acids is 2. The Hall–Kier alpha value is -5.71. The molecule has 0 radical (unpaired) electrons. The lowest BCUT2D eigenvalue weighted by Gasteiger charge is -2.26. The third-order valence-electron chi connectivity index (χ3n) is 8.12. The molecule has 0 saturated carbocycles. The largest absolute Gasteiger partial charge is 0.508 e. The Balaban J connectivity index is 2.18. The Morgan fingerprint density at radius 2 is 1.04 bits per heavy atom. The van der Waals surface area contributed by atoms with Crippen LogP contribution in [0.2, 0.25) is 0 Å². The smallest absolute Gasteiger partial charge is 0.326 e. The standard InChI is InChI=1S/C37H52N6O11/c1-20(2)15-28(42-33(49)26(38)17-22-5-9-24(44)10-6-22)34(50)39-19-31(46)40-30(18-23-7-11-25(45)12-8-23)36(52)43-29(16-21(3)4)35(51)41-27(37(53)54)13-14-32(47)48/h5-12,20-21,26-30,44-45H,13-19,38H2,1-4H3,(H,39,50)(H,40,46)(H,41,51)(H,42,49)(H,43,52)(H,47,48)(H,53,54). The number of phenolic OH excluding ortho intramolecular Hbond substituents is 2. The van der Waals surface area contributed by atoms with Crippen LogP contribution in [0.1, 0.15) is 64.5 Å². The van der Waals surface area contributed by atoms with Gasteiger partial charge in [-0.15, -0.1) is 0 Å². The maximum atomic E-state index is 13.7. The molecule has 0 heterocycles. The van der Waals surface area contributed by atoms with Crippen molar-refractivity contribution in [3.63, 3.8) is 0 Å². The lowest BCUT2D eigenvalue weighted by atomic mass is 10.00. The summed E-state index contributed by atoms with van der Waals surface area (Å²) in [5, 5.41) is 50.2. The van der Waals surface area contributed by atoms with Crippen LogP contribution >= 0.6 is 0 Å². The van der Waals surface area contributed by atoms with E-state index >= 15 is 0 Å². The van der Waals surface area contributed by atoms with E-state index in [2.05, 4.69) is 26.6 Å². The molecule has 2 aromatic rings. The van der Waals surface area contributed by atoms with Gasteiger partial charge in [0.05, 0.1) is 12.6 Å². The second-order valence-electron chi connectivity index (χ2n) is 13.9. The quantitative estimate of drug-likeness (QED) is 0.0777. The fraction of sp³-hybridized carbons (Fsp3) is 0.486.